The third-order valence-electron chi connectivity index (χ3n) is 4.59. The van der Waals surface area contributed by atoms with Gasteiger partial charge >= 0.3 is 0 Å². The summed E-state index contributed by atoms with van der Waals surface area (Å²) in [6.45, 7) is 3.09. The average Bonchev–Trinajstić information content (AvgIpc) is 2.90. The number of anilines is 1. The van der Waals surface area contributed by atoms with Gasteiger partial charge in [0.05, 0.1) is 0 Å². The fourth-order valence-corrected chi connectivity index (χ4v) is 3.37. The maximum Gasteiger partial charge on any atom is 0.226 e. The number of nitrogens with zero attached hydrogens (tertiary/aromatic N) is 1. The molecule has 1 amide bonds. The molecule has 0 bridgehead atoms. The standard InChI is InChI=1S/C17H24N2O/c20-17(9-8-14-10-11-18-13-14)19-12-4-3-6-15-5-1-2-7-16(15)19/h1-2,5,7,14,18H,3-4,6,8-13H2. The van der Waals surface area contributed by atoms with Gasteiger partial charge in [-0.05, 0) is 62.7 Å². The Morgan fingerprint density at radius 1 is 1.30 bits per heavy atom. The van der Waals surface area contributed by atoms with E-state index in [0.717, 1.165) is 44.6 Å². The molecule has 1 fully saturated rings. The Morgan fingerprint density at radius 2 is 2.20 bits per heavy atom. The Hall–Kier alpha value is -1.35. The molecule has 3 nitrogen and oxygen atoms in total. The van der Waals surface area contributed by atoms with Crippen molar-refractivity contribution < 1.29 is 4.79 Å². The average molecular weight is 272 g/mol. The fraction of sp³-hybridized carbons (Fsp3) is 0.588. The molecule has 3 rings (SSSR count). The SMILES string of the molecule is O=C(CCC1CCNC1)N1CCCCc2ccccc21. The predicted octanol–water partition coefficient (Wildman–Crippen LogP) is 2.75. The van der Waals surface area contributed by atoms with Crippen LogP contribution in [0.3, 0.4) is 0 Å². The summed E-state index contributed by atoms with van der Waals surface area (Å²) in [7, 11) is 0. The monoisotopic (exact) mass is 272 g/mol. The molecule has 1 N–H and O–H groups in total. The van der Waals surface area contributed by atoms with Gasteiger partial charge in [-0.3, -0.25) is 4.79 Å². The van der Waals surface area contributed by atoms with E-state index in [9.17, 15) is 4.79 Å². The van der Waals surface area contributed by atoms with Gasteiger partial charge in [0.25, 0.3) is 0 Å². The number of fused-ring (bicyclic) bond motifs is 1. The van der Waals surface area contributed by atoms with E-state index in [4.69, 9.17) is 0 Å². The van der Waals surface area contributed by atoms with Crippen LogP contribution in [0.5, 0.6) is 0 Å². The maximum absolute atomic E-state index is 12.6. The fourth-order valence-electron chi connectivity index (χ4n) is 3.37. The van der Waals surface area contributed by atoms with Gasteiger partial charge in [0.15, 0.2) is 0 Å². The van der Waals surface area contributed by atoms with Crippen molar-refractivity contribution in [3.8, 4) is 0 Å². The minimum Gasteiger partial charge on any atom is -0.316 e. The molecule has 1 atom stereocenters. The van der Waals surface area contributed by atoms with Crippen molar-refractivity contribution in [3.05, 3.63) is 29.8 Å². The highest BCUT2D eigenvalue weighted by Gasteiger charge is 2.22. The summed E-state index contributed by atoms with van der Waals surface area (Å²) in [6, 6.07) is 8.40. The second-order valence-corrected chi connectivity index (χ2v) is 6.03. The van der Waals surface area contributed by atoms with Crippen LogP contribution in [0.1, 0.15) is 37.7 Å². The van der Waals surface area contributed by atoms with Crippen LogP contribution in [0, 0.1) is 5.92 Å². The highest BCUT2D eigenvalue weighted by Crippen LogP contribution is 2.27. The first kappa shape index (κ1) is 13.6. The molecular weight excluding hydrogens is 248 g/mol. The number of aryl methyl sites for hydroxylation is 1. The molecule has 0 aromatic heterocycles. The summed E-state index contributed by atoms with van der Waals surface area (Å²) in [5.41, 5.74) is 2.49. The van der Waals surface area contributed by atoms with E-state index in [0.29, 0.717) is 18.2 Å². The number of amides is 1. The summed E-state index contributed by atoms with van der Waals surface area (Å²) in [5.74, 6) is 1.01. The highest BCUT2D eigenvalue weighted by molar-refractivity contribution is 5.94. The Labute approximate surface area is 121 Å². The van der Waals surface area contributed by atoms with Crippen LogP contribution in [0.2, 0.25) is 0 Å². The number of para-hydroxylation sites is 1. The van der Waals surface area contributed by atoms with Crippen LogP contribution in [0.15, 0.2) is 24.3 Å². The largest absolute Gasteiger partial charge is 0.316 e. The second kappa shape index (κ2) is 6.40. The smallest absolute Gasteiger partial charge is 0.226 e. The van der Waals surface area contributed by atoms with E-state index in [1.165, 1.54) is 18.4 Å². The van der Waals surface area contributed by atoms with Gasteiger partial charge in [-0.25, -0.2) is 0 Å². The normalized spacial score (nSPS) is 22.4. The van der Waals surface area contributed by atoms with E-state index < -0.39 is 0 Å². The summed E-state index contributed by atoms with van der Waals surface area (Å²) < 4.78 is 0. The van der Waals surface area contributed by atoms with Crippen LogP contribution in [0.25, 0.3) is 0 Å². The second-order valence-electron chi connectivity index (χ2n) is 6.03. The van der Waals surface area contributed by atoms with E-state index in [2.05, 4.69) is 23.5 Å². The predicted molar refractivity (Wildman–Crippen MR) is 81.9 cm³/mol. The molecule has 1 aromatic carbocycles. The summed E-state index contributed by atoms with van der Waals surface area (Å²) >= 11 is 0. The van der Waals surface area contributed by atoms with E-state index >= 15 is 0 Å². The third-order valence-corrected chi connectivity index (χ3v) is 4.59. The Balaban J connectivity index is 1.67. The molecule has 3 heteroatoms. The number of carbonyl (C=O) groups excluding carboxylic acids is 1. The van der Waals surface area contributed by atoms with Gasteiger partial charge in [-0.2, -0.15) is 0 Å². The van der Waals surface area contributed by atoms with Crippen molar-refractivity contribution in [1.29, 1.82) is 0 Å². The lowest BCUT2D eigenvalue weighted by Crippen LogP contribution is -2.32. The molecule has 1 aromatic rings. The van der Waals surface area contributed by atoms with Crippen LogP contribution < -0.4 is 10.2 Å². The molecule has 108 valence electrons. The minimum absolute atomic E-state index is 0.311. The zero-order valence-corrected chi connectivity index (χ0v) is 12.1. The maximum atomic E-state index is 12.6. The lowest BCUT2D eigenvalue weighted by molar-refractivity contribution is -0.118. The molecule has 2 aliphatic rings. The molecule has 2 aliphatic heterocycles. The van der Waals surface area contributed by atoms with Crippen molar-refractivity contribution >= 4 is 11.6 Å². The molecule has 0 aliphatic carbocycles. The van der Waals surface area contributed by atoms with E-state index in [1.54, 1.807) is 0 Å². The molecule has 0 radical (unpaired) electrons. The topological polar surface area (TPSA) is 32.3 Å². The van der Waals surface area contributed by atoms with E-state index in [1.807, 2.05) is 11.0 Å². The quantitative estimate of drug-likeness (QED) is 0.917. The van der Waals surface area contributed by atoms with E-state index in [-0.39, 0.29) is 0 Å². The Bertz CT molecular complexity index is 466. The zero-order chi connectivity index (χ0) is 13.8. The molecule has 0 saturated carbocycles. The summed E-state index contributed by atoms with van der Waals surface area (Å²) in [5, 5.41) is 3.38. The first-order valence-corrected chi connectivity index (χ1v) is 7.93. The van der Waals surface area contributed by atoms with Crippen molar-refractivity contribution in [2.75, 3.05) is 24.5 Å². The highest BCUT2D eigenvalue weighted by atomic mass is 16.2. The Morgan fingerprint density at radius 3 is 3.05 bits per heavy atom. The number of hydrogen-bond donors (Lipinski definition) is 1. The van der Waals surface area contributed by atoms with Gasteiger partial charge in [0.1, 0.15) is 0 Å². The number of rotatable bonds is 3. The first-order chi connectivity index (χ1) is 9.84. The molecule has 1 unspecified atom stereocenters. The number of benzene rings is 1. The molecule has 0 spiro atoms. The molecular formula is C17H24N2O. The van der Waals surface area contributed by atoms with Gasteiger partial charge in [-0.1, -0.05) is 18.2 Å². The Kier molecular flexibility index (Phi) is 4.36. The van der Waals surface area contributed by atoms with Crippen LogP contribution in [0.4, 0.5) is 5.69 Å². The molecule has 1 saturated heterocycles. The van der Waals surface area contributed by atoms with Crippen LogP contribution in [-0.4, -0.2) is 25.5 Å². The molecule has 20 heavy (non-hydrogen) atoms. The number of hydrogen-bond acceptors (Lipinski definition) is 2. The summed E-state index contributed by atoms with van der Waals surface area (Å²) in [6.07, 6.45) is 6.36. The summed E-state index contributed by atoms with van der Waals surface area (Å²) in [4.78, 5) is 14.6. The van der Waals surface area contributed by atoms with Crippen molar-refractivity contribution in [2.45, 2.75) is 38.5 Å². The molecule has 2 heterocycles. The number of carbonyl (C=O) groups is 1. The van der Waals surface area contributed by atoms with Crippen molar-refractivity contribution in [3.63, 3.8) is 0 Å². The van der Waals surface area contributed by atoms with Gasteiger partial charge in [0.2, 0.25) is 5.91 Å². The van der Waals surface area contributed by atoms with Crippen LogP contribution >= 0.6 is 0 Å². The first-order valence-electron chi connectivity index (χ1n) is 7.93. The lowest BCUT2D eigenvalue weighted by atomic mass is 10.0. The zero-order valence-electron chi connectivity index (χ0n) is 12.1. The van der Waals surface area contributed by atoms with Crippen molar-refractivity contribution in [2.24, 2.45) is 5.92 Å². The number of nitrogens with one attached hydrogen (secondary N) is 1. The van der Waals surface area contributed by atoms with Crippen molar-refractivity contribution in [1.82, 2.24) is 5.32 Å². The van der Waals surface area contributed by atoms with Gasteiger partial charge < -0.3 is 10.2 Å². The lowest BCUT2D eigenvalue weighted by Gasteiger charge is -2.23. The third kappa shape index (κ3) is 3.04. The van der Waals surface area contributed by atoms with Crippen LogP contribution in [-0.2, 0) is 11.2 Å². The minimum atomic E-state index is 0.311. The van der Waals surface area contributed by atoms with Gasteiger partial charge in [0, 0.05) is 18.7 Å². The van der Waals surface area contributed by atoms with Gasteiger partial charge in [-0.15, -0.1) is 0 Å².